The average molecular weight is 548 g/mol. The SMILES string of the molecule is CN=C(NCCCCOC1CCCCCC1)N(C)CCc1ccc(OC)c(OC)c1.I. The Morgan fingerprint density at radius 3 is 2.42 bits per heavy atom. The molecule has 1 saturated carbocycles. The summed E-state index contributed by atoms with van der Waals surface area (Å²) < 4.78 is 16.8. The fourth-order valence-electron chi connectivity index (χ4n) is 3.91. The van der Waals surface area contributed by atoms with Crippen LogP contribution < -0.4 is 14.8 Å². The maximum Gasteiger partial charge on any atom is 0.193 e. The summed E-state index contributed by atoms with van der Waals surface area (Å²) in [7, 11) is 7.24. The minimum Gasteiger partial charge on any atom is -0.493 e. The Hall–Kier alpha value is -1.22. The van der Waals surface area contributed by atoms with Crippen LogP contribution in [0.3, 0.4) is 0 Å². The number of rotatable bonds is 11. The van der Waals surface area contributed by atoms with Gasteiger partial charge in [-0.3, -0.25) is 4.99 Å². The third-order valence-corrected chi connectivity index (χ3v) is 5.77. The van der Waals surface area contributed by atoms with Crippen molar-refractivity contribution in [3.05, 3.63) is 23.8 Å². The number of unbranched alkanes of at least 4 members (excludes halogenated alkanes) is 1. The Labute approximate surface area is 206 Å². The minimum atomic E-state index is 0. The van der Waals surface area contributed by atoms with E-state index >= 15 is 0 Å². The standard InChI is InChI=1S/C24H41N3O3.HI/c1-25-24(26-16-9-10-18-30-21-11-7-5-6-8-12-21)27(2)17-15-20-13-14-22(28-3)23(19-20)29-4;/h13-14,19,21H,5-12,15-18H2,1-4H3,(H,25,26);1H. The molecule has 31 heavy (non-hydrogen) atoms. The molecule has 0 radical (unpaired) electrons. The third-order valence-electron chi connectivity index (χ3n) is 5.77. The molecule has 2 rings (SSSR count). The van der Waals surface area contributed by atoms with Gasteiger partial charge in [0.25, 0.3) is 0 Å². The van der Waals surface area contributed by atoms with E-state index in [1.54, 1.807) is 14.2 Å². The fraction of sp³-hybridized carbons (Fsp3) is 0.708. The van der Waals surface area contributed by atoms with E-state index in [1.807, 2.05) is 19.2 Å². The summed E-state index contributed by atoms with van der Waals surface area (Å²) in [5, 5.41) is 3.47. The van der Waals surface area contributed by atoms with Crippen LogP contribution in [0.15, 0.2) is 23.2 Å². The number of nitrogens with one attached hydrogen (secondary N) is 1. The van der Waals surface area contributed by atoms with E-state index in [2.05, 4.69) is 28.3 Å². The topological polar surface area (TPSA) is 55.3 Å². The van der Waals surface area contributed by atoms with Crippen molar-refractivity contribution in [1.82, 2.24) is 10.2 Å². The molecule has 6 nitrogen and oxygen atoms in total. The number of halogens is 1. The number of guanidine groups is 1. The van der Waals surface area contributed by atoms with E-state index < -0.39 is 0 Å². The quantitative estimate of drug-likeness (QED) is 0.141. The van der Waals surface area contributed by atoms with Crippen LogP contribution in [0.1, 0.15) is 56.9 Å². The molecule has 0 spiro atoms. The number of hydrogen-bond donors (Lipinski definition) is 1. The fourth-order valence-corrected chi connectivity index (χ4v) is 3.91. The van der Waals surface area contributed by atoms with Crippen LogP contribution in [0.25, 0.3) is 0 Å². The molecule has 0 atom stereocenters. The number of ether oxygens (including phenoxy) is 3. The molecule has 1 aromatic rings. The molecule has 0 amide bonds. The van der Waals surface area contributed by atoms with E-state index in [-0.39, 0.29) is 24.0 Å². The largest absolute Gasteiger partial charge is 0.493 e. The summed E-state index contributed by atoms with van der Waals surface area (Å²) in [6, 6.07) is 6.08. The van der Waals surface area contributed by atoms with Gasteiger partial charge in [0.05, 0.1) is 20.3 Å². The maximum absolute atomic E-state index is 6.08. The zero-order valence-electron chi connectivity index (χ0n) is 19.8. The Kier molecular flexibility index (Phi) is 14.7. The van der Waals surface area contributed by atoms with E-state index in [4.69, 9.17) is 14.2 Å². The van der Waals surface area contributed by atoms with Gasteiger partial charge in [-0.1, -0.05) is 31.7 Å². The van der Waals surface area contributed by atoms with Crippen molar-refractivity contribution in [3.8, 4) is 11.5 Å². The first-order chi connectivity index (χ1) is 14.7. The first kappa shape index (κ1) is 27.8. The van der Waals surface area contributed by atoms with Crippen LogP contribution in [0.2, 0.25) is 0 Å². The summed E-state index contributed by atoms with van der Waals surface area (Å²) in [5.41, 5.74) is 1.21. The second-order valence-electron chi connectivity index (χ2n) is 8.03. The molecule has 0 saturated heterocycles. The molecule has 7 heteroatoms. The first-order valence-corrected chi connectivity index (χ1v) is 11.4. The maximum atomic E-state index is 6.08. The van der Waals surface area contributed by atoms with Crippen molar-refractivity contribution in [1.29, 1.82) is 0 Å². The predicted molar refractivity (Wildman–Crippen MR) is 139 cm³/mol. The van der Waals surface area contributed by atoms with Crippen LogP contribution in [-0.2, 0) is 11.2 Å². The summed E-state index contributed by atoms with van der Waals surface area (Å²) >= 11 is 0. The molecule has 1 aliphatic rings. The van der Waals surface area contributed by atoms with Gasteiger partial charge in [0.15, 0.2) is 17.5 Å². The molecule has 0 heterocycles. The number of methoxy groups -OCH3 is 2. The van der Waals surface area contributed by atoms with Crippen molar-refractivity contribution < 1.29 is 14.2 Å². The Morgan fingerprint density at radius 1 is 1.06 bits per heavy atom. The molecule has 1 aliphatic carbocycles. The number of benzene rings is 1. The highest BCUT2D eigenvalue weighted by atomic mass is 127. The van der Waals surface area contributed by atoms with Gasteiger partial charge < -0.3 is 24.4 Å². The Balaban J connectivity index is 0.00000480. The van der Waals surface area contributed by atoms with Gasteiger partial charge in [-0.15, -0.1) is 24.0 Å². The van der Waals surface area contributed by atoms with E-state index in [9.17, 15) is 0 Å². The molecule has 0 bridgehead atoms. The highest BCUT2D eigenvalue weighted by Gasteiger charge is 2.12. The van der Waals surface area contributed by atoms with Crippen molar-refractivity contribution in [3.63, 3.8) is 0 Å². The molecule has 178 valence electrons. The number of nitrogens with zero attached hydrogens (tertiary/aromatic N) is 2. The lowest BCUT2D eigenvalue weighted by molar-refractivity contribution is 0.0411. The monoisotopic (exact) mass is 547 g/mol. The molecule has 0 unspecified atom stereocenters. The van der Waals surface area contributed by atoms with Gasteiger partial charge in [-0.05, 0) is 49.8 Å². The zero-order valence-corrected chi connectivity index (χ0v) is 22.2. The lowest BCUT2D eigenvalue weighted by atomic mass is 10.1. The lowest BCUT2D eigenvalue weighted by Crippen LogP contribution is -2.40. The minimum absolute atomic E-state index is 0. The number of hydrogen-bond acceptors (Lipinski definition) is 4. The van der Waals surface area contributed by atoms with Gasteiger partial charge >= 0.3 is 0 Å². The molecule has 1 aromatic carbocycles. The van der Waals surface area contributed by atoms with Crippen LogP contribution in [0.4, 0.5) is 0 Å². The molecule has 0 aliphatic heterocycles. The summed E-state index contributed by atoms with van der Waals surface area (Å²) in [4.78, 5) is 6.58. The molecule has 0 aromatic heterocycles. The lowest BCUT2D eigenvalue weighted by Gasteiger charge is -2.22. The van der Waals surface area contributed by atoms with Crippen molar-refractivity contribution in [2.24, 2.45) is 4.99 Å². The van der Waals surface area contributed by atoms with E-state index in [1.165, 1.54) is 44.1 Å². The second kappa shape index (κ2) is 16.4. The van der Waals surface area contributed by atoms with E-state index in [0.717, 1.165) is 56.4 Å². The summed E-state index contributed by atoms with van der Waals surface area (Å²) in [5.74, 6) is 2.46. The molecule has 1 N–H and O–H groups in total. The van der Waals surface area contributed by atoms with Crippen molar-refractivity contribution in [2.75, 3.05) is 48.0 Å². The average Bonchev–Trinajstić information content (AvgIpc) is 3.05. The van der Waals surface area contributed by atoms with Crippen LogP contribution in [-0.4, -0.2) is 65.0 Å². The number of aliphatic imine (C=N–C) groups is 1. The second-order valence-corrected chi connectivity index (χ2v) is 8.03. The highest BCUT2D eigenvalue weighted by Crippen LogP contribution is 2.27. The summed E-state index contributed by atoms with van der Waals surface area (Å²) in [6.45, 7) is 2.67. The Morgan fingerprint density at radius 2 is 1.77 bits per heavy atom. The van der Waals surface area contributed by atoms with Crippen molar-refractivity contribution in [2.45, 2.75) is 63.9 Å². The molecular weight excluding hydrogens is 505 g/mol. The smallest absolute Gasteiger partial charge is 0.193 e. The number of likely N-dealkylation sites (N-methyl/N-ethyl adjacent to an activating group) is 1. The third kappa shape index (κ3) is 10.3. The molecular formula is C24H42IN3O3. The first-order valence-electron chi connectivity index (χ1n) is 11.4. The van der Waals surface area contributed by atoms with Gasteiger partial charge in [0.1, 0.15) is 0 Å². The van der Waals surface area contributed by atoms with Crippen LogP contribution in [0, 0.1) is 0 Å². The van der Waals surface area contributed by atoms with Gasteiger partial charge in [0.2, 0.25) is 0 Å². The zero-order chi connectivity index (χ0) is 21.6. The normalized spacial score (nSPS) is 15.0. The van der Waals surface area contributed by atoms with Crippen molar-refractivity contribution >= 4 is 29.9 Å². The van der Waals surface area contributed by atoms with Gasteiger partial charge in [0, 0.05) is 33.8 Å². The summed E-state index contributed by atoms with van der Waals surface area (Å²) in [6.07, 6.45) is 11.5. The highest BCUT2D eigenvalue weighted by molar-refractivity contribution is 14.0. The Bertz CT molecular complexity index is 634. The van der Waals surface area contributed by atoms with Crippen LogP contribution >= 0.6 is 24.0 Å². The van der Waals surface area contributed by atoms with Crippen LogP contribution in [0.5, 0.6) is 11.5 Å². The van der Waals surface area contributed by atoms with Gasteiger partial charge in [-0.25, -0.2) is 0 Å². The van der Waals surface area contributed by atoms with Gasteiger partial charge in [-0.2, -0.15) is 0 Å². The van der Waals surface area contributed by atoms with E-state index in [0.29, 0.717) is 6.10 Å². The predicted octanol–water partition coefficient (Wildman–Crippen LogP) is 4.89. The molecule has 1 fully saturated rings.